The molecule has 4 heteroatoms. The van der Waals surface area contributed by atoms with E-state index in [-0.39, 0.29) is 0 Å². The minimum absolute atomic E-state index is 0.828. The van der Waals surface area contributed by atoms with E-state index in [2.05, 4.69) is 52.5 Å². The first kappa shape index (κ1) is 13.1. The van der Waals surface area contributed by atoms with Gasteiger partial charge in [-0.25, -0.2) is 0 Å². The Morgan fingerprint density at radius 2 is 2.00 bits per heavy atom. The van der Waals surface area contributed by atoms with E-state index in [0.29, 0.717) is 0 Å². The van der Waals surface area contributed by atoms with E-state index in [1.165, 1.54) is 16.9 Å². The van der Waals surface area contributed by atoms with Gasteiger partial charge in [-0.3, -0.25) is 0 Å². The highest BCUT2D eigenvalue weighted by molar-refractivity contribution is 5.73. The van der Waals surface area contributed by atoms with Crippen molar-refractivity contribution in [2.24, 2.45) is 0 Å². The smallest absolute Gasteiger partial charge is 0.123 e. The van der Waals surface area contributed by atoms with E-state index < -0.39 is 0 Å². The first-order chi connectivity index (χ1) is 9.78. The van der Waals surface area contributed by atoms with Crippen LogP contribution in [0.1, 0.15) is 11.3 Å². The van der Waals surface area contributed by atoms with Crippen LogP contribution < -0.4 is 15.1 Å². The summed E-state index contributed by atoms with van der Waals surface area (Å²) in [4.78, 5) is 4.69. The van der Waals surface area contributed by atoms with Crippen LogP contribution in [0.25, 0.3) is 0 Å². The molecule has 0 unspecified atom stereocenters. The average Bonchev–Trinajstić information content (AvgIpc) is 2.90. The van der Waals surface area contributed by atoms with Crippen LogP contribution in [0, 0.1) is 0 Å². The summed E-state index contributed by atoms with van der Waals surface area (Å²) in [5.74, 6) is 1.02. The van der Waals surface area contributed by atoms with E-state index in [9.17, 15) is 0 Å². The fourth-order valence-electron chi connectivity index (χ4n) is 2.72. The third-order valence-electron chi connectivity index (χ3n) is 3.77. The number of hydrogen-bond donors (Lipinski definition) is 1. The molecule has 1 aromatic heterocycles. The van der Waals surface area contributed by atoms with Crippen molar-refractivity contribution in [1.82, 2.24) is 5.32 Å². The molecule has 1 aliphatic rings. The van der Waals surface area contributed by atoms with Crippen molar-refractivity contribution in [3.05, 3.63) is 47.9 Å². The average molecular weight is 271 g/mol. The number of nitrogens with zero attached hydrogens (tertiary/aromatic N) is 2. The first-order valence-corrected chi connectivity index (χ1v) is 7.04. The molecule has 20 heavy (non-hydrogen) atoms. The zero-order chi connectivity index (χ0) is 13.9. The lowest BCUT2D eigenvalue weighted by molar-refractivity contribution is 0.498. The SMILES string of the molecule is CNCc1coc(CN2CCN(C)c3ccccc32)c1. The van der Waals surface area contributed by atoms with Gasteiger partial charge < -0.3 is 19.5 Å². The van der Waals surface area contributed by atoms with Gasteiger partial charge in [-0.15, -0.1) is 0 Å². The number of para-hydroxylation sites is 2. The summed E-state index contributed by atoms with van der Waals surface area (Å²) in [5, 5.41) is 3.14. The van der Waals surface area contributed by atoms with Gasteiger partial charge in [0.15, 0.2) is 0 Å². The normalized spacial score (nSPS) is 14.5. The first-order valence-electron chi connectivity index (χ1n) is 7.04. The van der Waals surface area contributed by atoms with Crippen molar-refractivity contribution in [3.8, 4) is 0 Å². The summed E-state index contributed by atoms with van der Waals surface area (Å²) in [6.45, 7) is 3.74. The molecule has 0 saturated carbocycles. The van der Waals surface area contributed by atoms with Gasteiger partial charge in [0.25, 0.3) is 0 Å². The zero-order valence-corrected chi connectivity index (χ0v) is 12.1. The second kappa shape index (κ2) is 5.59. The quantitative estimate of drug-likeness (QED) is 0.925. The minimum atomic E-state index is 0.828. The fraction of sp³-hybridized carbons (Fsp3) is 0.375. The van der Waals surface area contributed by atoms with Crippen LogP contribution in [-0.4, -0.2) is 27.2 Å². The molecular weight excluding hydrogens is 250 g/mol. The topological polar surface area (TPSA) is 31.7 Å². The number of furan rings is 1. The maximum Gasteiger partial charge on any atom is 0.123 e. The van der Waals surface area contributed by atoms with Crippen molar-refractivity contribution >= 4 is 11.4 Å². The maximum atomic E-state index is 5.67. The highest BCUT2D eigenvalue weighted by Crippen LogP contribution is 2.32. The molecule has 106 valence electrons. The number of hydrogen-bond acceptors (Lipinski definition) is 4. The number of benzene rings is 1. The number of likely N-dealkylation sites (N-methyl/N-ethyl adjacent to an activating group) is 1. The Hall–Kier alpha value is -1.94. The Morgan fingerprint density at radius 3 is 2.80 bits per heavy atom. The molecule has 1 aliphatic heterocycles. The highest BCUT2D eigenvalue weighted by Gasteiger charge is 2.20. The third kappa shape index (κ3) is 2.51. The summed E-state index contributed by atoms with van der Waals surface area (Å²) < 4.78 is 5.67. The van der Waals surface area contributed by atoms with Gasteiger partial charge in [-0.2, -0.15) is 0 Å². The van der Waals surface area contributed by atoms with Crippen LogP contribution in [0.5, 0.6) is 0 Å². The Kier molecular flexibility index (Phi) is 3.65. The van der Waals surface area contributed by atoms with Crippen LogP contribution in [0.2, 0.25) is 0 Å². The zero-order valence-electron chi connectivity index (χ0n) is 12.1. The van der Waals surface area contributed by atoms with Gasteiger partial charge >= 0.3 is 0 Å². The summed E-state index contributed by atoms with van der Waals surface area (Å²) in [7, 11) is 4.09. The summed E-state index contributed by atoms with van der Waals surface area (Å²) in [6.07, 6.45) is 1.84. The molecule has 0 atom stereocenters. The van der Waals surface area contributed by atoms with Crippen molar-refractivity contribution in [1.29, 1.82) is 0 Å². The predicted octanol–water partition coefficient (Wildman–Crippen LogP) is 2.46. The summed E-state index contributed by atoms with van der Waals surface area (Å²) >= 11 is 0. The molecule has 0 spiro atoms. The van der Waals surface area contributed by atoms with Crippen molar-refractivity contribution in [2.75, 3.05) is 37.0 Å². The van der Waals surface area contributed by atoms with E-state index in [1.807, 2.05) is 13.3 Å². The molecule has 0 bridgehead atoms. The molecule has 0 saturated heterocycles. The Labute approximate surface area is 120 Å². The summed E-state index contributed by atoms with van der Waals surface area (Å²) in [5.41, 5.74) is 3.78. The lowest BCUT2D eigenvalue weighted by atomic mass is 10.1. The van der Waals surface area contributed by atoms with Gasteiger partial charge in [0, 0.05) is 32.2 Å². The van der Waals surface area contributed by atoms with Crippen molar-refractivity contribution < 1.29 is 4.42 Å². The Balaban J connectivity index is 1.79. The van der Waals surface area contributed by atoms with E-state index in [1.54, 1.807) is 0 Å². The van der Waals surface area contributed by atoms with Crippen LogP contribution >= 0.6 is 0 Å². The van der Waals surface area contributed by atoms with Gasteiger partial charge in [-0.1, -0.05) is 12.1 Å². The Bertz CT molecular complexity index is 579. The second-order valence-electron chi connectivity index (χ2n) is 5.28. The second-order valence-corrected chi connectivity index (χ2v) is 5.28. The molecule has 1 N–H and O–H groups in total. The molecule has 4 nitrogen and oxygen atoms in total. The van der Waals surface area contributed by atoms with E-state index in [0.717, 1.165) is 31.9 Å². The summed E-state index contributed by atoms with van der Waals surface area (Å²) in [6, 6.07) is 10.7. The van der Waals surface area contributed by atoms with Gasteiger partial charge in [0.05, 0.1) is 24.2 Å². The highest BCUT2D eigenvalue weighted by atomic mass is 16.3. The molecule has 2 aromatic rings. The molecule has 3 rings (SSSR count). The van der Waals surface area contributed by atoms with Crippen LogP contribution in [0.15, 0.2) is 41.0 Å². The lowest BCUT2D eigenvalue weighted by Gasteiger charge is -2.36. The van der Waals surface area contributed by atoms with Gasteiger partial charge in [-0.05, 0) is 25.2 Å². The molecule has 0 amide bonds. The maximum absolute atomic E-state index is 5.67. The Morgan fingerprint density at radius 1 is 1.20 bits per heavy atom. The molecule has 0 fully saturated rings. The largest absolute Gasteiger partial charge is 0.467 e. The van der Waals surface area contributed by atoms with Crippen molar-refractivity contribution in [3.63, 3.8) is 0 Å². The molecular formula is C16H21N3O. The number of nitrogens with one attached hydrogen (secondary N) is 1. The van der Waals surface area contributed by atoms with E-state index >= 15 is 0 Å². The van der Waals surface area contributed by atoms with Crippen LogP contribution in [-0.2, 0) is 13.1 Å². The molecule has 0 aliphatic carbocycles. The van der Waals surface area contributed by atoms with Crippen LogP contribution in [0.4, 0.5) is 11.4 Å². The van der Waals surface area contributed by atoms with E-state index in [4.69, 9.17) is 4.42 Å². The standard InChI is InChI=1S/C16H21N3O/c1-17-10-13-9-14(20-12-13)11-19-8-7-18(2)15-5-3-4-6-16(15)19/h3-6,9,12,17H,7-8,10-11H2,1-2H3. The van der Waals surface area contributed by atoms with Gasteiger partial charge in [0.2, 0.25) is 0 Å². The number of fused-ring (bicyclic) bond motifs is 1. The van der Waals surface area contributed by atoms with Gasteiger partial charge in [0.1, 0.15) is 5.76 Å². The predicted molar refractivity (Wildman–Crippen MR) is 82.2 cm³/mol. The monoisotopic (exact) mass is 271 g/mol. The molecule has 2 heterocycles. The third-order valence-corrected chi connectivity index (χ3v) is 3.77. The minimum Gasteiger partial charge on any atom is -0.467 e. The van der Waals surface area contributed by atoms with Crippen molar-refractivity contribution in [2.45, 2.75) is 13.1 Å². The lowest BCUT2D eigenvalue weighted by Crippen LogP contribution is -2.38. The number of rotatable bonds is 4. The van der Waals surface area contributed by atoms with Crippen LogP contribution in [0.3, 0.4) is 0 Å². The fourth-order valence-corrected chi connectivity index (χ4v) is 2.72. The molecule has 0 radical (unpaired) electrons. The number of anilines is 2. The molecule has 1 aromatic carbocycles.